The number of rotatable bonds is 18. The highest BCUT2D eigenvalue weighted by atomic mass is 32.2. The second-order valence-corrected chi connectivity index (χ2v) is 8.52. The van der Waals surface area contributed by atoms with Crippen LogP contribution in [0.4, 0.5) is 0 Å². The van der Waals surface area contributed by atoms with Gasteiger partial charge in [-0.2, -0.15) is 15.0 Å². The van der Waals surface area contributed by atoms with E-state index in [9.17, 15) is 14.4 Å². The monoisotopic (exact) mass is 525 g/mol. The molecule has 0 aliphatic heterocycles. The molecule has 0 saturated carbocycles. The fraction of sp³-hybridized carbons (Fsp3) is 0.667. The Kier molecular flexibility index (Phi) is 16.7. The molecule has 33 heavy (non-hydrogen) atoms. The van der Waals surface area contributed by atoms with Crippen LogP contribution in [0.25, 0.3) is 0 Å². The van der Waals surface area contributed by atoms with Gasteiger partial charge in [-0.1, -0.05) is 35.3 Å². The Balaban J connectivity index is 2.72. The van der Waals surface area contributed by atoms with Crippen molar-refractivity contribution in [3.63, 3.8) is 0 Å². The van der Waals surface area contributed by atoms with Gasteiger partial charge in [0.2, 0.25) is 0 Å². The first-order valence-corrected chi connectivity index (χ1v) is 12.5. The van der Waals surface area contributed by atoms with Gasteiger partial charge in [0.25, 0.3) is 0 Å². The summed E-state index contributed by atoms with van der Waals surface area (Å²) in [4.78, 5) is 48.2. The molecule has 0 amide bonds. The molecule has 0 spiro atoms. The van der Waals surface area contributed by atoms with E-state index < -0.39 is 17.9 Å². The Labute approximate surface area is 204 Å². The summed E-state index contributed by atoms with van der Waals surface area (Å²) in [6.07, 6.45) is 0. The Morgan fingerprint density at radius 3 is 1.06 bits per heavy atom. The molecule has 1 heterocycles. The molecule has 1 aromatic rings. The number of hydrogen-bond acceptors (Lipinski definition) is 15. The molecular weight excluding hydrogens is 498 g/mol. The minimum absolute atomic E-state index is 0.0277. The van der Waals surface area contributed by atoms with Crippen LogP contribution in [-0.4, -0.2) is 111 Å². The highest BCUT2D eigenvalue weighted by Crippen LogP contribution is 2.23. The first-order valence-electron chi connectivity index (χ1n) is 9.56. The molecule has 0 bridgehead atoms. The van der Waals surface area contributed by atoms with E-state index in [1.54, 1.807) is 0 Å². The highest BCUT2D eigenvalue weighted by Gasteiger charge is 2.14. The van der Waals surface area contributed by atoms with E-state index in [0.29, 0.717) is 19.8 Å². The van der Waals surface area contributed by atoms with Crippen molar-refractivity contribution in [1.29, 1.82) is 0 Å². The molecule has 0 unspecified atom stereocenters. The van der Waals surface area contributed by atoms with Crippen LogP contribution in [0.15, 0.2) is 15.5 Å². The van der Waals surface area contributed by atoms with E-state index in [4.69, 9.17) is 28.4 Å². The van der Waals surface area contributed by atoms with Gasteiger partial charge in [0.1, 0.15) is 19.8 Å². The van der Waals surface area contributed by atoms with Gasteiger partial charge in [0, 0.05) is 21.3 Å². The Hall–Kier alpha value is -1.65. The van der Waals surface area contributed by atoms with Crippen molar-refractivity contribution in [3.8, 4) is 0 Å². The van der Waals surface area contributed by atoms with Gasteiger partial charge in [-0.25, -0.2) is 0 Å². The minimum atomic E-state index is -0.454. The lowest BCUT2D eigenvalue weighted by Gasteiger charge is -2.08. The molecule has 0 radical (unpaired) electrons. The molecule has 0 saturated heterocycles. The Bertz CT molecular complexity index is 636. The van der Waals surface area contributed by atoms with Crippen molar-refractivity contribution in [2.75, 3.05) is 78.2 Å². The van der Waals surface area contributed by atoms with E-state index in [-0.39, 0.29) is 52.5 Å². The van der Waals surface area contributed by atoms with Crippen LogP contribution < -0.4 is 0 Å². The Morgan fingerprint density at radius 1 is 0.545 bits per heavy atom. The zero-order chi connectivity index (χ0) is 24.3. The second-order valence-electron chi connectivity index (χ2n) is 5.69. The first kappa shape index (κ1) is 29.4. The molecular formula is C18H27N3O9S3. The molecule has 1 rings (SSSR count). The van der Waals surface area contributed by atoms with Crippen LogP contribution in [0.5, 0.6) is 0 Å². The van der Waals surface area contributed by atoms with E-state index >= 15 is 0 Å². The molecule has 0 atom stereocenters. The van der Waals surface area contributed by atoms with Crippen molar-refractivity contribution >= 4 is 53.2 Å². The molecule has 0 N–H and O–H groups in total. The maximum Gasteiger partial charge on any atom is 0.316 e. The van der Waals surface area contributed by atoms with Gasteiger partial charge >= 0.3 is 17.9 Å². The SMILES string of the molecule is COCCOC(=O)CSc1nc(SCC(=O)OCCOC)nc(SCC(=O)OCCOC)n1. The summed E-state index contributed by atoms with van der Waals surface area (Å²) < 4.78 is 29.5. The number of ether oxygens (including phenoxy) is 6. The number of nitrogens with zero attached hydrogens (tertiary/aromatic N) is 3. The fourth-order valence-corrected chi connectivity index (χ4v) is 3.80. The summed E-state index contributed by atoms with van der Waals surface area (Å²) in [6.45, 7) is 1.32. The molecule has 0 aromatic carbocycles. The maximum atomic E-state index is 11.8. The van der Waals surface area contributed by atoms with Gasteiger partial charge in [0.05, 0.1) is 37.1 Å². The third-order valence-electron chi connectivity index (χ3n) is 3.18. The standard InChI is InChI=1S/C18H27N3O9S3/c1-25-4-7-28-13(22)10-31-16-19-17(32-11-14(23)29-8-5-26-2)21-18(20-16)33-12-15(24)30-9-6-27-3/h4-12H2,1-3H3. The lowest BCUT2D eigenvalue weighted by atomic mass is 10.7. The van der Waals surface area contributed by atoms with E-state index in [0.717, 1.165) is 35.3 Å². The number of esters is 3. The van der Waals surface area contributed by atoms with Crippen molar-refractivity contribution < 1.29 is 42.8 Å². The number of thioether (sulfide) groups is 3. The van der Waals surface area contributed by atoms with Gasteiger partial charge < -0.3 is 28.4 Å². The van der Waals surface area contributed by atoms with Gasteiger partial charge in [-0.05, 0) is 0 Å². The minimum Gasteiger partial charge on any atom is -0.463 e. The van der Waals surface area contributed by atoms with Crippen molar-refractivity contribution in [3.05, 3.63) is 0 Å². The highest BCUT2D eigenvalue weighted by molar-refractivity contribution is 8.01. The zero-order valence-electron chi connectivity index (χ0n) is 18.6. The number of methoxy groups -OCH3 is 3. The lowest BCUT2D eigenvalue weighted by molar-refractivity contribution is -0.142. The fourth-order valence-electron chi connectivity index (χ4n) is 1.73. The summed E-state index contributed by atoms with van der Waals surface area (Å²) in [6, 6.07) is 0. The maximum absolute atomic E-state index is 11.8. The van der Waals surface area contributed by atoms with Crippen LogP contribution in [0, 0.1) is 0 Å². The smallest absolute Gasteiger partial charge is 0.316 e. The Morgan fingerprint density at radius 2 is 0.818 bits per heavy atom. The summed E-state index contributed by atoms with van der Waals surface area (Å²) in [7, 11) is 4.52. The first-order chi connectivity index (χ1) is 16.0. The van der Waals surface area contributed by atoms with Gasteiger partial charge in [-0.3, -0.25) is 14.4 Å². The molecule has 186 valence electrons. The average molecular weight is 526 g/mol. The normalized spacial score (nSPS) is 10.6. The van der Waals surface area contributed by atoms with Gasteiger partial charge in [0.15, 0.2) is 15.5 Å². The van der Waals surface area contributed by atoms with Crippen molar-refractivity contribution in [2.45, 2.75) is 15.5 Å². The number of carbonyl (C=O) groups is 3. The zero-order valence-corrected chi connectivity index (χ0v) is 21.1. The van der Waals surface area contributed by atoms with E-state index in [2.05, 4.69) is 15.0 Å². The van der Waals surface area contributed by atoms with Crippen LogP contribution in [0.2, 0.25) is 0 Å². The summed E-state index contributed by atoms with van der Waals surface area (Å²) in [5.41, 5.74) is 0. The van der Waals surface area contributed by atoms with Crippen molar-refractivity contribution in [1.82, 2.24) is 15.0 Å². The molecule has 0 aliphatic rings. The van der Waals surface area contributed by atoms with Crippen LogP contribution in [0.1, 0.15) is 0 Å². The topological polar surface area (TPSA) is 145 Å². The number of hydrogen-bond donors (Lipinski definition) is 0. The van der Waals surface area contributed by atoms with Crippen LogP contribution in [-0.2, 0) is 42.8 Å². The quantitative estimate of drug-likeness (QED) is 0.115. The molecule has 15 heteroatoms. The molecule has 1 aromatic heterocycles. The molecule has 0 aliphatic carbocycles. The number of carbonyl (C=O) groups excluding carboxylic acids is 3. The predicted molar refractivity (Wildman–Crippen MR) is 121 cm³/mol. The predicted octanol–water partition coefficient (Wildman–Crippen LogP) is 0.717. The molecule has 12 nitrogen and oxygen atoms in total. The summed E-state index contributed by atoms with van der Waals surface area (Å²) in [5.74, 6) is -1.45. The average Bonchev–Trinajstić information content (AvgIpc) is 2.80. The second kappa shape index (κ2) is 18.7. The third-order valence-corrected chi connectivity index (χ3v) is 5.65. The summed E-state index contributed by atoms with van der Waals surface area (Å²) in [5, 5.41) is 0.748. The largest absolute Gasteiger partial charge is 0.463 e. The lowest BCUT2D eigenvalue weighted by Crippen LogP contribution is -2.13. The van der Waals surface area contributed by atoms with Gasteiger partial charge in [-0.15, -0.1) is 0 Å². The molecule has 0 fully saturated rings. The van der Waals surface area contributed by atoms with E-state index in [1.165, 1.54) is 21.3 Å². The van der Waals surface area contributed by atoms with Crippen LogP contribution >= 0.6 is 35.3 Å². The summed E-state index contributed by atoms with van der Waals surface area (Å²) >= 11 is 3.14. The van der Waals surface area contributed by atoms with Crippen LogP contribution in [0.3, 0.4) is 0 Å². The van der Waals surface area contributed by atoms with Crippen molar-refractivity contribution in [2.24, 2.45) is 0 Å². The number of aromatic nitrogens is 3. The third kappa shape index (κ3) is 15.0. The van der Waals surface area contributed by atoms with E-state index in [1.807, 2.05) is 0 Å².